The highest BCUT2D eigenvalue weighted by Gasteiger charge is 2.03. The van der Waals surface area contributed by atoms with E-state index in [1.165, 1.54) is 0 Å². The summed E-state index contributed by atoms with van der Waals surface area (Å²) in [5.74, 6) is 0.308. The summed E-state index contributed by atoms with van der Waals surface area (Å²) in [5.41, 5.74) is 7.39. The lowest BCUT2D eigenvalue weighted by atomic mass is 10.1. The van der Waals surface area contributed by atoms with Gasteiger partial charge in [-0.1, -0.05) is 6.92 Å². The summed E-state index contributed by atoms with van der Waals surface area (Å²) in [7, 11) is 0. The fraction of sp³-hybridized carbons (Fsp3) is 0.500. The first-order chi connectivity index (χ1) is 5.24. The van der Waals surface area contributed by atoms with E-state index in [0.717, 1.165) is 11.4 Å². The molecule has 0 bridgehead atoms. The van der Waals surface area contributed by atoms with Crippen LogP contribution >= 0.6 is 0 Å². The van der Waals surface area contributed by atoms with E-state index in [1.807, 2.05) is 26.0 Å². The topological polar surface area (TPSA) is 51.8 Å². The first kappa shape index (κ1) is 8.14. The lowest BCUT2D eigenvalue weighted by molar-refractivity contribution is 0.719. The van der Waals surface area contributed by atoms with Gasteiger partial charge in [-0.3, -0.25) is 0 Å². The van der Waals surface area contributed by atoms with Crippen molar-refractivity contribution in [2.45, 2.75) is 19.8 Å². The molecular weight excluding hydrogens is 138 g/mol. The second-order valence-electron chi connectivity index (χ2n) is 2.74. The SMILES string of the molecule is Cc1ccc([C@H](C)CN)nn1. The maximum Gasteiger partial charge on any atom is 0.0672 e. The maximum atomic E-state index is 5.47. The summed E-state index contributed by atoms with van der Waals surface area (Å²) < 4.78 is 0. The van der Waals surface area contributed by atoms with E-state index in [-0.39, 0.29) is 0 Å². The molecule has 0 aliphatic rings. The van der Waals surface area contributed by atoms with Crippen molar-refractivity contribution >= 4 is 0 Å². The van der Waals surface area contributed by atoms with E-state index < -0.39 is 0 Å². The van der Waals surface area contributed by atoms with E-state index >= 15 is 0 Å². The molecule has 0 amide bonds. The molecule has 1 atom stereocenters. The van der Waals surface area contributed by atoms with E-state index in [4.69, 9.17) is 5.73 Å². The fourth-order valence-corrected chi connectivity index (χ4v) is 0.793. The van der Waals surface area contributed by atoms with Crippen LogP contribution in [0.3, 0.4) is 0 Å². The molecule has 11 heavy (non-hydrogen) atoms. The van der Waals surface area contributed by atoms with Crippen molar-refractivity contribution in [2.75, 3.05) is 6.54 Å². The lowest BCUT2D eigenvalue weighted by Crippen LogP contribution is -2.10. The third kappa shape index (κ3) is 1.98. The van der Waals surface area contributed by atoms with Crippen LogP contribution in [-0.2, 0) is 0 Å². The Bertz CT molecular complexity index is 217. The second kappa shape index (κ2) is 3.44. The van der Waals surface area contributed by atoms with Crippen molar-refractivity contribution in [3.63, 3.8) is 0 Å². The number of nitrogens with zero attached hydrogens (tertiary/aromatic N) is 2. The first-order valence-corrected chi connectivity index (χ1v) is 3.74. The van der Waals surface area contributed by atoms with Crippen molar-refractivity contribution in [1.29, 1.82) is 0 Å². The van der Waals surface area contributed by atoms with Crippen molar-refractivity contribution in [2.24, 2.45) is 5.73 Å². The second-order valence-corrected chi connectivity index (χ2v) is 2.74. The van der Waals surface area contributed by atoms with Gasteiger partial charge in [0.05, 0.1) is 11.4 Å². The molecule has 0 saturated heterocycles. The van der Waals surface area contributed by atoms with E-state index in [2.05, 4.69) is 10.2 Å². The lowest BCUT2D eigenvalue weighted by Gasteiger charge is -2.05. The maximum absolute atomic E-state index is 5.47. The van der Waals surface area contributed by atoms with Crippen LogP contribution in [0, 0.1) is 6.92 Å². The normalized spacial score (nSPS) is 13.0. The molecule has 2 N–H and O–H groups in total. The number of hydrogen-bond donors (Lipinski definition) is 1. The summed E-state index contributed by atoms with van der Waals surface area (Å²) in [6, 6.07) is 3.92. The molecule has 0 radical (unpaired) electrons. The summed E-state index contributed by atoms with van der Waals surface area (Å²) in [5, 5.41) is 7.96. The highest BCUT2D eigenvalue weighted by atomic mass is 15.1. The molecule has 0 unspecified atom stereocenters. The predicted octanol–water partition coefficient (Wildman–Crippen LogP) is 0.847. The predicted molar refractivity (Wildman–Crippen MR) is 44.2 cm³/mol. The monoisotopic (exact) mass is 151 g/mol. The smallest absolute Gasteiger partial charge is 0.0672 e. The van der Waals surface area contributed by atoms with Crippen LogP contribution in [0.1, 0.15) is 24.2 Å². The highest BCUT2D eigenvalue weighted by molar-refractivity contribution is 5.09. The molecule has 1 heterocycles. The fourth-order valence-electron chi connectivity index (χ4n) is 0.793. The van der Waals surface area contributed by atoms with Crippen molar-refractivity contribution in [1.82, 2.24) is 10.2 Å². The number of aromatic nitrogens is 2. The molecule has 60 valence electrons. The van der Waals surface area contributed by atoms with Gasteiger partial charge >= 0.3 is 0 Å². The molecule has 3 heteroatoms. The highest BCUT2D eigenvalue weighted by Crippen LogP contribution is 2.08. The van der Waals surface area contributed by atoms with Gasteiger partial charge in [0.2, 0.25) is 0 Å². The zero-order chi connectivity index (χ0) is 8.27. The average molecular weight is 151 g/mol. The van der Waals surface area contributed by atoms with Gasteiger partial charge in [-0.15, -0.1) is 0 Å². The van der Waals surface area contributed by atoms with Gasteiger partial charge in [-0.25, -0.2) is 0 Å². The molecule has 3 nitrogen and oxygen atoms in total. The minimum Gasteiger partial charge on any atom is -0.330 e. The third-order valence-corrected chi connectivity index (χ3v) is 1.68. The molecule has 1 rings (SSSR count). The Hall–Kier alpha value is -0.960. The molecular formula is C8H13N3. The molecule has 0 aliphatic heterocycles. The summed E-state index contributed by atoms with van der Waals surface area (Å²) >= 11 is 0. The minimum atomic E-state index is 0.308. The van der Waals surface area contributed by atoms with Crippen molar-refractivity contribution < 1.29 is 0 Å². The average Bonchev–Trinajstić information content (AvgIpc) is 2.05. The summed E-state index contributed by atoms with van der Waals surface area (Å²) in [6.07, 6.45) is 0. The molecule has 0 fully saturated rings. The van der Waals surface area contributed by atoms with Gasteiger partial charge in [-0.2, -0.15) is 10.2 Å². The van der Waals surface area contributed by atoms with Crippen LogP contribution in [-0.4, -0.2) is 16.7 Å². The third-order valence-electron chi connectivity index (χ3n) is 1.68. The van der Waals surface area contributed by atoms with Crippen LogP contribution < -0.4 is 5.73 Å². The van der Waals surface area contributed by atoms with Gasteiger partial charge in [0.25, 0.3) is 0 Å². The minimum absolute atomic E-state index is 0.308. The largest absolute Gasteiger partial charge is 0.330 e. The molecule has 0 aromatic carbocycles. The Balaban J connectivity index is 2.81. The van der Waals surface area contributed by atoms with Crippen LogP contribution in [0.5, 0.6) is 0 Å². The van der Waals surface area contributed by atoms with Crippen LogP contribution in [0.15, 0.2) is 12.1 Å². The summed E-state index contributed by atoms with van der Waals surface area (Å²) in [6.45, 7) is 4.58. The zero-order valence-electron chi connectivity index (χ0n) is 6.91. The molecule has 1 aromatic heterocycles. The Morgan fingerprint density at radius 3 is 2.64 bits per heavy atom. The van der Waals surface area contributed by atoms with Gasteiger partial charge in [0.1, 0.15) is 0 Å². The Kier molecular flexibility index (Phi) is 2.54. The van der Waals surface area contributed by atoms with Crippen molar-refractivity contribution in [3.05, 3.63) is 23.5 Å². The quantitative estimate of drug-likeness (QED) is 0.681. The van der Waals surface area contributed by atoms with Crippen molar-refractivity contribution in [3.8, 4) is 0 Å². The number of nitrogens with two attached hydrogens (primary N) is 1. The van der Waals surface area contributed by atoms with E-state index in [1.54, 1.807) is 0 Å². The molecule has 0 saturated carbocycles. The number of hydrogen-bond acceptors (Lipinski definition) is 3. The molecule has 0 aliphatic carbocycles. The number of rotatable bonds is 2. The summed E-state index contributed by atoms with van der Waals surface area (Å²) in [4.78, 5) is 0. The van der Waals surface area contributed by atoms with Crippen LogP contribution in [0.25, 0.3) is 0 Å². The van der Waals surface area contributed by atoms with Gasteiger partial charge in [0.15, 0.2) is 0 Å². The molecule has 1 aromatic rings. The van der Waals surface area contributed by atoms with E-state index in [9.17, 15) is 0 Å². The standard InChI is InChI=1S/C8H13N3/c1-6(5-9)8-4-3-7(2)10-11-8/h3-4,6H,5,9H2,1-2H3/t6-/m1/s1. The Morgan fingerprint density at radius 2 is 2.18 bits per heavy atom. The van der Waals surface area contributed by atoms with Gasteiger partial charge in [-0.05, 0) is 19.1 Å². The van der Waals surface area contributed by atoms with Gasteiger partial charge < -0.3 is 5.73 Å². The van der Waals surface area contributed by atoms with E-state index in [0.29, 0.717) is 12.5 Å². The molecule has 0 spiro atoms. The zero-order valence-corrected chi connectivity index (χ0v) is 6.91. The van der Waals surface area contributed by atoms with Gasteiger partial charge in [0, 0.05) is 12.5 Å². The number of aryl methyl sites for hydroxylation is 1. The van der Waals surface area contributed by atoms with Crippen LogP contribution in [0.4, 0.5) is 0 Å². The first-order valence-electron chi connectivity index (χ1n) is 3.74. The Labute approximate surface area is 66.6 Å². The Morgan fingerprint density at radius 1 is 1.45 bits per heavy atom. The van der Waals surface area contributed by atoms with Crippen LogP contribution in [0.2, 0.25) is 0 Å².